The van der Waals surface area contributed by atoms with Crippen LogP contribution in [0.4, 0.5) is 15.9 Å². The first-order chi connectivity index (χ1) is 17.7. The van der Waals surface area contributed by atoms with E-state index < -0.39 is 0 Å². The fourth-order valence-corrected chi connectivity index (χ4v) is 4.54. The van der Waals surface area contributed by atoms with Crippen molar-refractivity contribution >= 4 is 28.4 Å². The van der Waals surface area contributed by atoms with E-state index in [0.717, 1.165) is 48.7 Å². The van der Waals surface area contributed by atoms with Crippen LogP contribution in [0.3, 0.4) is 0 Å². The molecule has 1 fully saturated rings. The molecule has 0 aliphatic carbocycles. The van der Waals surface area contributed by atoms with Crippen LogP contribution in [-0.2, 0) is 6.54 Å². The number of halogens is 1. The fraction of sp³-hybridized carbons (Fsp3) is 0.280. The molecule has 0 atom stereocenters. The Morgan fingerprint density at radius 3 is 2.58 bits per heavy atom. The Labute approximate surface area is 206 Å². The molecule has 10 nitrogen and oxygen atoms in total. The summed E-state index contributed by atoms with van der Waals surface area (Å²) in [6, 6.07) is 11.7. The number of amides is 1. The van der Waals surface area contributed by atoms with Gasteiger partial charge in [-0.05, 0) is 42.5 Å². The number of hydrogen-bond acceptors (Lipinski definition) is 8. The SMILES string of the molecule is O=C(NCCn1ncc2c(N3CCN(c4ccc(F)cc4)CC3)ncnc21)c1ccc2c(c1)OCO2. The molecule has 0 saturated carbocycles. The molecule has 0 radical (unpaired) electrons. The van der Waals surface area contributed by atoms with Gasteiger partial charge in [0, 0.05) is 44.0 Å². The number of rotatable bonds is 6. The highest BCUT2D eigenvalue weighted by atomic mass is 19.1. The second-order valence-electron chi connectivity index (χ2n) is 8.58. The summed E-state index contributed by atoms with van der Waals surface area (Å²) in [5.41, 5.74) is 2.24. The van der Waals surface area contributed by atoms with Crippen molar-refractivity contribution in [1.82, 2.24) is 25.1 Å². The summed E-state index contributed by atoms with van der Waals surface area (Å²) in [6.45, 7) is 4.18. The van der Waals surface area contributed by atoms with Crippen LogP contribution in [0, 0.1) is 5.82 Å². The lowest BCUT2D eigenvalue weighted by molar-refractivity contribution is 0.0951. The lowest BCUT2D eigenvalue weighted by Gasteiger charge is -2.36. The van der Waals surface area contributed by atoms with Crippen LogP contribution in [0.25, 0.3) is 11.0 Å². The third-order valence-corrected chi connectivity index (χ3v) is 6.43. The van der Waals surface area contributed by atoms with Crippen molar-refractivity contribution in [3.05, 3.63) is 66.4 Å². The number of nitrogens with one attached hydrogen (secondary N) is 1. The maximum atomic E-state index is 13.2. The highest BCUT2D eigenvalue weighted by Gasteiger charge is 2.22. The van der Waals surface area contributed by atoms with Gasteiger partial charge in [0.2, 0.25) is 6.79 Å². The lowest BCUT2D eigenvalue weighted by atomic mass is 10.2. The van der Waals surface area contributed by atoms with Crippen molar-refractivity contribution in [3.8, 4) is 11.5 Å². The Kier molecular flexibility index (Phi) is 5.72. The first-order valence-corrected chi connectivity index (χ1v) is 11.8. The third-order valence-electron chi connectivity index (χ3n) is 6.43. The van der Waals surface area contributed by atoms with Crippen LogP contribution in [0.15, 0.2) is 55.0 Å². The summed E-state index contributed by atoms with van der Waals surface area (Å²) in [7, 11) is 0. The number of ether oxygens (including phenoxy) is 2. The molecule has 6 rings (SSSR count). The second-order valence-corrected chi connectivity index (χ2v) is 8.58. The number of fused-ring (bicyclic) bond motifs is 2. The molecule has 0 spiro atoms. The van der Waals surface area contributed by atoms with Crippen LogP contribution in [-0.4, -0.2) is 65.2 Å². The zero-order valence-electron chi connectivity index (χ0n) is 19.4. The van der Waals surface area contributed by atoms with Gasteiger partial charge in [-0.2, -0.15) is 5.10 Å². The number of carbonyl (C=O) groups excluding carboxylic acids is 1. The third kappa shape index (κ3) is 4.23. The summed E-state index contributed by atoms with van der Waals surface area (Å²) >= 11 is 0. The molecule has 1 amide bonds. The number of benzene rings is 2. The lowest BCUT2D eigenvalue weighted by Crippen LogP contribution is -2.46. The minimum Gasteiger partial charge on any atom is -0.454 e. The van der Waals surface area contributed by atoms with E-state index in [1.54, 1.807) is 35.4 Å². The van der Waals surface area contributed by atoms with Crippen molar-refractivity contribution in [1.29, 1.82) is 0 Å². The van der Waals surface area contributed by atoms with Gasteiger partial charge in [-0.25, -0.2) is 19.0 Å². The van der Waals surface area contributed by atoms with E-state index in [2.05, 4.69) is 30.2 Å². The van der Waals surface area contributed by atoms with Crippen molar-refractivity contribution in [2.45, 2.75) is 6.54 Å². The van der Waals surface area contributed by atoms with E-state index in [0.29, 0.717) is 30.2 Å². The van der Waals surface area contributed by atoms with Gasteiger partial charge >= 0.3 is 0 Å². The van der Waals surface area contributed by atoms with E-state index in [1.807, 2.05) is 12.1 Å². The van der Waals surface area contributed by atoms with Crippen LogP contribution < -0.4 is 24.6 Å². The predicted octanol–water partition coefficient (Wildman–Crippen LogP) is 2.45. The minimum absolute atomic E-state index is 0.167. The zero-order valence-corrected chi connectivity index (χ0v) is 19.4. The number of piperazine rings is 1. The van der Waals surface area contributed by atoms with Crippen molar-refractivity contribution < 1.29 is 18.7 Å². The molecular formula is C25H24FN7O3. The number of nitrogens with zero attached hydrogens (tertiary/aromatic N) is 6. The Hall–Kier alpha value is -4.41. The van der Waals surface area contributed by atoms with Crippen LogP contribution in [0.5, 0.6) is 11.5 Å². The van der Waals surface area contributed by atoms with E-state index >= 15 is 0 Å². The van der Waals surface area contributed by atoms with Crippen molar-refractivity contribution in [3.63, 3.8) is 0 Å². The maximum Gasteiger partial charge on any atom is 0.251 e. The summed E-state index contributed by atoms with van der Waals surface area (Å²) in [5, 5.41) is 8.28. The van der Waals surface area contributed by atoms with Gasteiger partial charge in [-0.3, -0.25) is 4.79 Å². The zero-order chi connectivity index (χ0) is 24.5. The van der Waals surface area contributed by atoms with Crippen molar-refractivity contribution in [2.24, 2.45) is 0 Å². The molecule has 184 valence electrons. The summed E-state index contributed by atoms with van der Waals surface area (Å²) in [5.74, 6) is 1.63. The van der Waals surface area contributed by atoms with Crippen LogP contribution >= 0.6 is 0 Å². The molecule has 2 aliphatic heterocycles. The number of aromatic nitrogens is 4. The first-order valence-electron chi connectivity index (χ1n) is 11.8. The van der Waals surface area contributed by atoms with E-state index in [-0.39, 0.29) is 18.5 Å². The topological polar surface area (TPSA) is 97.6 Å². The smallest absolute Gasteiger partial charge is 0.251 e. The predicted molar refractivity (Wildman–Crippen MR) is 131 cm³/mol. The molecule has 11 heteroatoms. The quantitative estimate of drug-likeness (QED) is 0.441. The first kappa shape index (κ1) is 22.1. The molecule has 36 heavy (non-hydrogen) atoms. The van der Waals surface area contributed by atoms with Crippen LogP contribution in [0.1, 0.15) is 10.4 Å². The molecule has 1 N–H and O–H groups in total. The molecule has 2 aromatic heterocycles. The Morgan fingerprint density at radius 2 is 1.75 bits per heavy atom. The van der Waals surface area contributed by atoms with Crippen molar-refractivity contribution in [2.75, 3.05) is 49.3 Å². The second kappa shape index (κ2) is 9.33. The van der Waals surface area contributed by atoms with Gasteiger partial charge in [0.05, 0.1) is 18.1 Å². The van der Waals surface area contributed by atoms with E-state index in [4.69, 9.17) is 9.47 Å². The molecule has 2 aromatic carbocycles. The Bertz CT molecular complexity index is 1400. The number of anilines is 2. The average molecular weight is 490 g/mol. The van der Waals surface area contributed by atoms with Gasteiger partial charge in [-0.1, -0.05) is 0 Å². The highest BCUT2D eigenvalue weighted by Crippen LogP contribution is 2.32. The van der Waals surface area contributed by atoms with E-state index in [9.17, 15) is 9.18 Å². The molecule has 0 unspecified atom stereocenters. The standard InChI is InChI=1S/C25H24FN7O3/c26-18-2-4-19(5-3-18)31-9-11-32(12-10-31)23-20-14-30-33(24(20)29-15-28-23)8-7-27-25(34)17-1-6-21-22(13-17)36-16-35-21/h1-6,13-15H,7-12,16H2,(H,27,34). The van der Waals surface area contributed by atoms with Gasteiger partial charge in [0.1, 0.15) is 18.0 Å². The normalized spacial score (nSPS) is 14.9. The molecule has 2 aliphatic rings. The number of hydrogen-bond donors (Lipinski definition) is 1. The molecule has 1 saturated heterocycles. The van der Waals surface area contributed by atoms with Crippen LogP contribution in [0.2, 0.25) is 0 Å². The molecule has 0 bridgehead atoms. The summed E-state index contributed by atoms with van der Waals surface area (Å²) in [4.78, 5) is 26.0. The van der Waals surface area contributed by atoms with E-state index in [1.165, 1.54) is 12.1 Å². The van der Waals surface area contributed by atoms with Gasteiger partial charge in [-0.15, -0.1) is 0 Å². The fourth-order valence-electron chi connectivity index (χ4n) is 4.54. The summed E-state index contributed by atoms with van der Waals surface area (Å²) in [6.07, 6.45) is 3.32. The van der Waals surface area contributed by atoms with Gasteiger partial charge < -0.3 is 24.6 Å². The average Bonchev–Trinajstić information content (AvgIpc) is 3.56. The minimum atomic E-state index is -0.231. The summed E-state index contributed by atoms with van der Waals surface area (Å²) < 4.78 is 25.7. The largest absolute Gasteiger partial charge is 0.454 e. The Morgan fingerprint density at radius 1 is 0.972 bits per heavy atom. The van der Waals surface area contributed by atoms with Gasteiger partial charge in [0.15, 0.2) is 17.1 Å². The number of carbonyl (C=O) groups is 1. The monoisotopic (exact) mass is 489 g/mol. The maximum absolute atomic E-state index is 13.2. The molecule has 4 aromatic rings. The Balaban J connectivity index is 1.09. The molecular weight excluding hydrogens is 465 g/mol. The molecule has 4 heterocycles. The van der Waals surface area contributed by atoms with Gasteiger partial charge in [0.25, 0.3) is 5.91 Å². The highest BCUT2D eigenvalue weighted by molar-refractivity contribution is 5.95.